The van der Waals surface area contributed by atoms with E-state index in [4.69, 9.17) is 17.3 Å². The summed E-state index contributed by atoms with van der Waals surface area (Å²) in [4.78, 5) is 7.64. The Morgan fingerprint density at radius 2 is 2.36 bits per heavy atom. The number of hydrogen-bond donors (Lipinski definition) is 1. The highest BCUT2D eigenvalue weighted by atomic mass is 35.5. The lowest BCUT2D eigenvalue weighted by atomic mass is 10.4. The molecule has 0 atom stereocenters. The number of nitrogens with two attached hydrogens (primary N) is 1. The van der Waals surface area contributed by atoms with Crippen LogP contribution in [0.15, 0.2) is 6.20 Å². The van der Waals surface area contributed by atoms with Crippen LogP contribution in [0.25, 0.3) is 0 Å². The van der Waals surface area contributed by atoms with E-state index in [1.807, 2.05) is 0 Å². The van der Waals surface area contributed by atoms with Gasteiger partial charge in [-0.05, 0) is 12.8 Å². The van der Waals surface area contributed by atoms with Gasteiger partial charge in [-0.2, -0.15) is 0 Å². The van der Waals surface area contributed by atoms with Crippen molar-refractivity contribution in [1.29, 1.82) is 0 Å². The summed E-state index contributed by atoms with van der Waals surface area (Å²) >= 11 is 5.65. The maximum absolute atomic E-state index is 5.65. The fraction of sp³-hybridized carbons (Fsp3) is 0.143. The Labute approximate surface area is 69.6 Å². The molecule has 0 aliphatic rings. The zero-order chi connectivity index (χ0) is 8.27. The van der Waals surface area contributed by atoms with E-state index in [0.717, 1.165) is 0 Å². The van der Waals surface area contributed by atoms with Gasteiger partial charge in [-0.25, -0.2) is 9.97 Å². The topological polar surface area (TPSA) is 51.8 Å². The van der Waals surface area contributed by atoms with Gasteiger partial charge < -0.3 is 5.73 Å². The highest BCUT2D eigenvalue weighted by Crippen LogP contribution is 2.09. The third kappa shape index (κ3) is 1.82. The van der Waals surface area contributed by atoms with Gasteiger partial charge in [0, 0.05) is 0 Å². The lowest BCUT2D eigenvalue weighted by molar-refractivity contribution is 1.18. The normalized spacial score (nSPS) is 8.55. The Kier molecular flexibility index (Phi) is 2.29. The zero-order valence-corrected chi connectivity index (χ0v) is 6.68. The molecule has 0 saturated heterocycles. The van der Waals surface area contributed by atoms with Gasteiger partial charge in [0.1, 0.15) is 5.82 Å². The van der Waals surface area contributed by atoms with Crippen LogP contribution in [0.1, 0.15) is 12.6 Å². The number of hydrogen-bond acceptors (Lipinski definition) is 3. The molecule has 4 heteroatoms. The van der Waals surface area contributed by atoms with E-state index in [0.29, 0.717) is 11.5 Å². The summed E-state index contributed by atoms with van der Waals surface area (Å²) in [5.74, 6) is 5.66. The highest BCUT2D eigenvalue weighted by molar-refractivity contribution is 6.30. The van der Waals surface area contributed by atoms with Crippen LogP contribution < -0.4 is 5.73 Å². The molecule has 1 aromatic rings. The highest BCUT2D eigenvalue weighted by Gasteiger charge is 1.98. The predicted molar refractivity (Wildman–Crippen MR) is 44.0 cm³/mol. The fourth-order valence-electron chi connectivity index (χ4n) is 0.581. The Bertz CT molecular complexity index is 324. The van der Waals surface area contributed by atoms with Gasteiger partial charge in [-0.15, -0.1) is 0 Å². The Morgan fingerprint density at radius 1 is 1.64 bits per heavy atom. The molecule has 0 saturated carbocycles. The summed E-state index contributed by atoms with van der Waals surface area (Å²) in [7, 11) is 0. The molecule has 0 fully saturated rings. The Balaban J connectivity index is 3.16. The lowest BCUT2D eigenvalue weighted by Gasteiger charge is -1.94. The van der Waals surface area contributed by atoms with Crippen molar-refractivity contribution < 1.29 is 0 Å². The van der Waals surface area contributed by atoms with Crippen LogP contribution in [0.2, 0.25) is 5.15 Å². The molecule has 0 aliphatic heterocycles. The summed E-state index contributed by atoms with van der Waals surface area (Å²) < 4.78 is 0. The molecule has 0 aromatic carbocycles. The monoisotopic (exact) mass is 167 g/mol. The van der Waals surface area contributed by atoms with Crippen molar-refractivity contribution in [3.05, 3.63) is 17.0 Å². The van der Waals surface area contributed by atoms with Crippen LogP contribution in [0.5, 0.6) is 0 Å². The first kappa shape index (κ1) is 7.83. The molecular formula is C7H6ClN3. The van der Waals surface area contributed by atoms with Crippen LogP contribution in [-0.4, -0.2) is 9.97 Å². The standard InChI is InChI=1S/C7H6ClN3/c1-2-3-5-7(8)11-6(9)4-10-5/h4H,1H3,(H2,9,11). The minimum absolute atomic E-state index is 0.249. The molecule has 1 heterocycles. The van der Waals surface area contributed by atoms with E-state index >= 15 is 0 Å². The first-order chi connectivity index (χ1) is 5.24. The predicted octanol–water partition coefficient (Wildman–Crippen LogP) is 1.08. The van der Waals surface area contributed by atoms with Crippen LogP contribution in [0.3, 0.4) is 0 Å². The van der Waals surface area contributed by atoms with Crippen LogP contribution >= 0.6 is 11.6 Å². The van der Waals surface area contributed by atoms with Crippen molar-refractivity contribution in [3.63, 3.8) is 0 Å². The fourth-order valence-corrected chi connectivity index (χ4v) is 0.775. The number of halogens is 1. The average molecular weight is 168 g/mol. The molecule has 0 aliphatic carbocycles. The molecule has 1 aromatic heterocycles. The van der Waals surface area contributed by atoms with Crippen molar-refractivity contribution in [1.82, 2.24) is 9.97 Å². The van der Waals surface area contributed by atoms with Gasteiger partial charge in [0.2, 0.25) is 0 Å². The molecule has 2 N–H and O–H groups in total. The first-order valence-electron chi connectivity index (χ1n) is 2.95. The van der Waals surface area contributed by atoms with Gasteiger partial charge in [0.05, 0.1) is 6.20 Å². The molecule has 3 nitrogen and oxygen atoms in total. The van der Waals surface area contributed by atoms with Gasteiger partial charge in [-0.1, -0.05) is 17.5 Å². The number of aromatic nitrogens is 2. The molecule has 11 heavy (non-hydrogen) atoms. The van der Waals surface area contributed by atoms with Crippen molar-refractivity contribution in [2.24, 2.45) is 0 Å². The molecule has 0 radical (unpaired) electrons. The quantitative estimate of drug-likeness (QED) is 0.589. The number of rotatable bonds is 0. The summed E-state index contributed by atoms with van der Waals surface area (Å²) in [5, 5.41) is 0.249. The third-order valence-electron chi connectivity index (χ3n) is 0.992. The number of nitrogens with zero attached hydrogens (tertiary/aromatic N) is 2. The minimum Gasteiger partial charge on any atom is -0.382 e. The third-order valence-corrected chi connectivity index (χ3v) is 1.26. The average Bonchev–Trinajstić information content (AvgIpc) is 1.95. The van der Waals surface area contributed by atoms with Crippen LogP contribution in [-0.2, 0) is 0 Å². The number of nitrogen functional groups attached to an aromatic ring is 1. The van der Waals surface area contributed by atoms with E-state index in [1.54, 1.807) is 6.92 Å². The summed E-state index contributed by atoms with van der Waals surface area (Å²) in [6.45, 7) is 1.70. The van der Waals surface area contributed by atoms with Crippen LogP contribution in [0.4, 0.5) is 5.82 Å². The Hall–Kier alpha value is -1.27. The first-order valence-corrected chi connectivity index (χ1v) is 3.32. The SMILES string of the molecule is CC#Cc1ncc(N)nc1Cl. The second kappa shape index (κ2) is 3.22. The van der Waals surface area contributed by atoms with Crippen molar-refractivity contribution >= 4 is 17.4 Å². The lowest BCUT2D eigenvalue weighted by Crippen LogP contribution is -1.94. The zero-order valence-electron chi connectivity index (χ0n) is 5.93. The molecule has 0 unspecified atom stereocenters. The maximum Gasteiger partial charge on any atom is 0.165 e. The van der Waals surface area contributed by atoms with Gasteiger partial charge in [0.15, 0.2) is 10.8 Å². The smallest absolute Gasteiger partial charge is 0.165 e. The van der Waals surface area contributed by atoms with E-state index in [1.165, 1.54) is 6.20 Å². The van der Waals surface area contributed by atoms with E-state index in [2.05, 4.69) is 21.8 Å². The Morgan fingerprint density at radius 3 is 2.91 bits per heavy atom. The van der Waals surface area contributed by atoms with Crippen LogP contribution in [0, 0.1) is 11.8 Å². The molecule has 56 valence electrons. The number of anilines is 1. The van der Waals surface area contributed by atoms with E-state index in [9.17, 15) is 0 Å². The van der Waals surface area contributed by atoms with Crippen molar-refractivity contribution in [3.8, 4) is 11.8 Å². The molecule has 1 rings (SSSR count). The van der Waals surface area contributed by atoms with Gasteiger partial charge in [0.25, 0.3) is 0 Å². The minimum atomic E-state index is 0.249. The van der Waals surface area contributed by atoms with E-state index in [-0.39, 0.29) is 5.15 Å². The van der Waals surface area contributed by atoms with Crippen molar-refractivity contribution in [2.75, 3.05) is 5.73 Å². The summed E-state index contributed by atoms with van der Waals surface area (Å²) in [5.41, 5.74) is 5.78. The molecule has 0 amide bonds. The second-order valence-corrected chi connectivity index (χ2v) is 2.17. The van der Waals surface area contributed by atoms with Crippen molar-refractivity contribution in [2.45, 2.75) is 6.92 Å². The molecule has 0 spiro atoms. The van der Waals surface area contributed by atoms with E-state index < -0.39 is 0 Å². The van der Waals surface area contributed by atoms with Gasteiger partial charge in [-0.3, -0.25) is 0 Å². The maximum atomic E-state index is 5.65. The molecular weight excluding hydrogens is 162 g/mol. The summed E-state index contributed by atoms with van der Waals surface area (Å²) in [6, 6.07) is 0. The molecule has 0 bridgehead atoms. The largest absolute Gasteiger partial charge is 0.382 e. The summed E-state index contributed by atoms with van der Waals surface area (Å²) in [6.07, 6.45) is 1.42. The second-order valence-electron chi connectivity index (χ2n) is 1.81. The van der Waals surface area contributed by atoms with Gasteiger partial charge >= 0.3 is 0 Å².